The monoisotopic (exact) mass is 263 g/mol. The fourth-order valence-corrected chi connectivity index (χ4v) is 2.17. The summed E-state index contributed by atoms with van der Waals surface area (Å²) in [5.41, 5.74) is 1.89. The molecule has 2 rings (SSSR count). The van der Waals surface area contributed by atoms with Gasteiger partial charge in [-0.05, 0) is 18.1 Å². The van der Waals surface area contributed by atoms with Crippen LogP contribution in [0.15, 0.2) is 24.3 Å². The van der Waals surface area contributed by atoms with Gasteiger partial charge in [-0.2, -0.15) is 0 Å². The Bertz CT molecular complexity index is 498. The van der Waals surface area contributed by atoms with Gasteiger partial charge in [0.25, 0.3) is 0 Å². The zero-order valence-corrected chi connectivity index (χ0v) is 11.0. The molecule has 1 aromatic rings. The van der Waals surface area contributed by atoms with E-state index < -0.39 is 18.2 Å². The van der Waals surface area contributed by atoms with E-state index in [1.54, 1.807) is 13.8 Å². The molecular weight excluding hydrogens is 246 g/mol. The van der Waals surface area contributed by atoms with E-state index in [9.17, 15) is 9.59 Å². The first-order valence-corrected chi connectivity index (χ1v) is 6.29. The van der Waals surface area contributed by atoms with Gasteiger partial charge in [0.15, 0.2) is 0 Å². The molecule has 0 bridgehead atoms. The predicted molar refractivity (Wildman–Crippen MR) is 70.2 cm³/mol. The highest BCUT2D eigenvalue weighted by Crippen LogP contribution is 2.28. The lowest BCUT2D eigenvalue weighted by Gasteiger charge is -2.22. The van der Waals surface area contributed by atoms with Gasteiger partial charge in [-0.25, -0.2) is 9.59 Å². The van der Waals surface area contributed by atoms with Crippen molar-refractivity contribution in [2.24, 2.45) is 5.92 Å². The van der Waals surface area contributed by atoms with Gasteiger partial charge in [-0.3, -0.25) is 4.90 Å². The summed E-state index contributed by atoms with van der Waals surface area (Å²) in [5.74, 6) is -1.38. The van der Waals surface area contributed by atoms with Crippen LogP contribution in [-0.2, 0) is 16.0 Å². The summed E-state index contributed by atoms with van der Waals surface area (Å²) in [4.78, 5) is 24.6. The van der Waals surface area contributed by atoms with Crippen molar-refractivity contribution in [3.63, 3.8) is 0 Å². The Labute approximate surface area is 111 Å². The number of fused-ring (bicyclic) bond motifs is 1. The molecule has 5 heteroatoms. The van der Waals surface area contributed by atoms with Crippen LogP contribution in [-0.4, -0.2) is 29.8 Å². The number of hydrogen-bond donors (Lipinski definition) is 1. The lowest BCUT2D eigenvalue weighted by atomic mass is 10.1. The first-order chi connectivity index (χ1) is 9.00. The number of carboxylic acid groups (broad SMARTS) is 1. The molecule has 1 aromatic carbocycles. The van der Waals surface area contributed by atoms with E-state index >= 15 is 0 Å². The molecule has 1 atom stereocenters. The molecule has 0 spiro atoms. The number of carbonyl (C=O) groups is 2. The lowest BCUT2D eigenvalue weighted by Crippen LogP contribution is -2.38. The van der Waals surface area contributed by atoms with Crippen LogP contribution >= 0.6 is 0 Å². The molecule has 5 nitrogen and oxygen atoms in total. The Morgan fingerprint density at radius 2 is 2.00 bits per heavy atom. The number of para-hydroxylation sites is 1. The summed E-state index contributed by atoms with van der Waals surface area (Å²) in [6.45, 7) is 3.95. The van der Waals surface area contributed by atoms with Gasteiger partial charge in [0.2, 0.25) is 6.10 Å². The minimum Gasteiger partial charge on any atom is -0.478 e. The fraction of sp³-hybridized carbons (Fsp3) is 0.429. The molecule has 0 radical (unpaired) electrons. The van der Waals surface area contributed by atoms with E-state index in [0.717, 1.165) is 17.7 Å². The molecule has 1 heterocycles. The van der Waals surface area contributed by atoms with E-state index in [1.165, 1.54) is 4.90 Å². The van der Waals surface area contributed by atoms with Crippen LogP contribution in [0.2, 0.25) is 0 Å². The second-order valence-corrected chi connectivity index (χ2v) is 4.92. The molecule has 1 aliphatic rings. The van der Waals surface area contributed by atoms with Crippen LogP contribution < -0.4 is 4.90 Å². The SMILES string of the molecule is CC(C)C(OC(=O)N1CCc2ccccc21)C(=O)O. The number of aliphatic carboxylic acids is 1. The number of hydrogen-bond acceptors (Lipinski definition) is 3. The normalized spacial score (nSPS) is 15.2. The highest BCUT2D eigenvalue weighted by atomic mass is 16.6. The Morgan fingerprint density at radius 1 is 1.32 bits per heavy atom. The quantitative estimate of drug-likeness (QED) is 0.908. The van der Waals surface area contributed by atoms with Gasteiger partial charge in [-0.1, -0.05) is 32.0 Å². The zero-order chi connectivity index (χ0) is 14.0. The minimum atomic E-state index is -1.11. The average molecular weight is 263 g/mol. The Kier molecular flexibility index (Phi) is 3.74. The summed E-state index contributed by atoms with van der Waals surface area (Å²) in [7, 11) is 0. The number of anilines is 1. The third kappa shape index (κ3) is 2.70. The molecule has 1 N–H and O–H groups in total. The van der Waals surface area contributed by atoms with Crippen LogP contribution in [0.3, 0.4) is 0 Å². The van der Waals surface area contributed by atoms with Crippen molar-refractivity contribution >= 4 is 17.7 Å². The first-order valence-electron chi connectivity index (χ1n) is 6.29. The molecule has 1 aliphatic heterocycles. The van der Waals surface area contributed by atoms with Crippen molar-refractivity contribution in [1.29, 1.82) is 0 Å². The van der Waals surface area contributed by atoms with Gasteiger partial charge < -0.3 is 9.84 Å². The molecular formula is C14H17NO4. The topological polar surface area (TPSA) is 66.8 Å². The van der Waals surface area contributed by atoms with Gasteiger partial charge >= 0.3 is 12.1 Å². The van der Waals surface area contributed by atoms with Crippen molar-refractivity contribution in [3.8, 4) is 0 Å². The molecule has 1 unspecified atom stereocenters. The van der Waals surface area contributed by atoms with E-state index in [4.69, 9.17) is 9.84 Å². The first kappa shape index (κ1) is 13.4. The highest BCUT2D eigenvalue weighted by molar-refractivity contribution is 5.91. The summed E-state index contributed by atoms with van der Waals surface area (Å²) in [6.07, 6.45) is -0.934. The Hall–Kier alpha value is -2.04. The highest BCUT2D eigenvalue weighted by Gasteiger charge is 2.31. The third-order valence-corrected chi connectivity index (χ3v) is 3.18. The molecule has 0 aromatic heterocycles. The van der Waals surface area contributed by atoms with Crippen LogP contribution in [0.1, 0.15) is 19.4 Å². The molecule has 102 valence electrons. The Balaban J connectivity index is 2.12. The predicted octanol–water partition coefficient (Wildman–Crippen LogP) is 2.29. The van der Waals surface area contributed by atoms with Crippen molar-refractivity contribution in [2.75, 3.05) is 11.4 Å². The summed E-state index contributed by atoms with van der Waals surface area (Å²) >= 11 is 0. The number of nitrogens with zero attached hydrogens (tertiary/aromatic N) is 1. The number of carbonyl (C=O) groups excluding carboxylic acids is 1. The second kappa shape index (κ2) is 5.30. The standard InChI is InChI=1S/C14H17NO4/c1-9(2)12(13(16)17)19-14(18)15-8-7-10-5-3-4-6-11(10)15/h3-6,9,12H,7-8H2,1-2H3,(H,16,17). The maximum Gasteiger partial charge on any atom is 0.415 e. The van der Waals surface area contributed by atoms with E-state index in [-0.39, 0.29) is 5.92 Å². The fourth-order valence-electron chi connectivity index (χ4n) is 2.17. The largest absolute Gasteiger partial charge is 0.478 e. The van der Waals surface area contributed by atoms with E-state index in [2.05, 4.69) is 0 Å². The number of rotatable bonds is 3. The minimum absolute atomic E-state index is 0.265. The van der Waals surface area contributed by atoms with Crippen LogP contribution in [0.25, 0.3) is 0 Å². The smallest absolute Gasteiger partial charge is 0.415 e. The molecule has 0 saturated heterocycles. The molecule has 0 fully saturated rings. The maximum absolute atomic E-state index is 12.1. The van der Waals surface area contributed by atoms with Crippen LogP contribution in [0.4, 0.5) is 10.5 Å². The van der Waals surface area contributed by atoms with Gasteiger partial charge in [0.1, 0.15) is 0 Å². The Morgan fingerprint density at radius 3 is 2.63 bits per heavy atom. The molecule has 0 aliphatic carbocycles. The lowest BCUT2D eigenvalue weighted by molar-refractivity contribution is -0.148. The van der Waals surface area contributed by atoms with Crippen molar-refractivity contribution in [2.45, 2.75) is 26.4 Å². The van der Waals surface area contributed by atoms with Gasteiger partial charge in [0, 0.05) is 12.5 Å². The number of ether oxygens (including phenoxy) is 1. The van der Waals surface area contributed by atoms with E-state index in [0.29, 0.717) is 6.54 Å². The number of carboxylic acids is 1. The number of amides is 1. The van der Waals surface area contributed by atoms with Crippen LogP contribution in [0.5, 0.6) is 0 Å². The van der Waals surface area contributed by atoms with E-state index in [1.807, 2.05) is 24.3 Å². The summed E-state index contributed by atoms with van der Waals surface area (Å²) in [5, 5.41) is 9.03. The zero-order valence-electron chi connectivity index (χ0n) is 11.0. The van der Waals surface area contributed by atoms with Crippen molar-refractivity contribution in [1.82, 2.24) is 0 Å². The second-order valence-electron chi connectivity index (χ2n) is 4.92. The summed E-state index contributed by atoms with van der Waals surface area (Å²) in [6, 6.07) is 7.57. The van der Waals surface area contributed by atoms with Crippen molar-refractivity contribution < 1.29 is 19.4 Å². The molecule has 1 amide bonds. The van der Waals surface area contributed by atoms with Gasteiger partial charge in [0.05, 0.1) is 5.69 Å². The van der Waals surface area contributed by atoms with Crippen molar-refractivity contribution in [3.05, 3.63) is 29.8 Å². The average Bonchev–Trinajstić information content (AvgIpc) is 2.78. The molecule has 0 saturated carbocycles. The maximum atomic E-state index is 12.1. The summed E-state index contributed by atoms with van der Waals surface area (Å²) < 4.78 is 5.10. The number of benzene rings is 1. The third-order valence-electron chi connectivity index (χ3n) is 3.18. The van der Waals surface area contributed by atoms with Crippen LogP contribution in [0, 0.1) is 5.92 Å². The van der Waals surface area contributed by atoms with Gasteiger partial charge in [-0.15, -0.1) is 0 Å². The molecule has 19 heavy (non-hydrogen) atoms.